The summed E-state index contributed by atoms with van der Waals surface area (Å²) in [6, 6.07) is 8.98. The number of hydrogen-bond donors (Lipinski definition) is 1. The molecule has 0 spiro atoms. The van der Waals surface area contributed by atoms with Gasteiger partial charge >= 0.3 is 6.18 Å². The summed E-state index contributed by atoms with van der Waals surface area (Å²) in [4.78, 5) is 17.4. The number of nitrogens with zero attached hydrogens (tertiary/aromatic N) is 1. The van der Waals surface area contributed by atoms with Crippen molar-refractivity contribution in [3.05, 3.63) is 71.2 Å². The number of carbonyl (C=O) groups is 1. The predicted octanol–water partition coefficient (Wildman–Crippen LogP) is 5.35. The van der Waals surface area contributed by atoms with E-state index in [-0.39, 0.29) is 23.2 Å². The number of benzene rings is 2. The first-order chi connectivity index (χ1) is 13.3. The number of nitrogens with one attached hydrogen (secondary N) is 1. The quantitative estimate of drug-likeness (QED) is 0.589. The fourth-order valence-electron chi connectivity index (χ4n) is 3.84. The van der Waals surface area contributed by atoms with E-state index in [9.17, 15) is 22.4 Å². The Bertz CT molecular complexity index is 999. The van der Waals surface area contributed by atoms with E-state index in [1.54, 1.807) is 11.0 Å². The average molecular weight is 390 g/mol. The molecule has 3 aromatic rings. The van der Waals surface area contributed by atoms with Crippen molar-refractivity contribution < 1.29 is 22.4 Å². The standard InChI is InChI=1S/C21H18F4N2O/c22-16-5-6-17-18(12-26-19(17)11-16)13-7-9-27(10-8-13)20(28)14-1-3-15(4-2-14)21(23,24)25/h1-6,11-13,26H,7-10H2. The summed E-state index contributed by atoms with van der Waals surface area (Å²) in [5.41, 5.74) is 1.35. The SMILES string of the molecule is O=C(c1ccc(C(F)(F)F)cc1)N1CCC(c2c[nH]c3cc(F)ccc23)CC1. The molecule has 28 heavy (non-hydrogen) atoms. The first kappa shape index (κ1) is 18.5. The van der Waals surface area contributed by atoms with E-state index < -0.39 is 11.7 Å². The van der Waals surface area contributed by atoms with Gasteiger partial charge in [-0.25, -0.2) is 4.39 Å². The van der Waals surface area contributed by atoms with Gasteiger partial charge < -0.3 is 9.88 Å². The minimum Gasteiger partial charge on any atom is -0.361 e. The molecule has 1 fully saturated rings. The number of halogens is 4. The van der Waals surface area contributed by atoms with Crippen LogP contribution in [0.2, 0.25) is 0 Å². The van der Waals surface area contributed by atoms with Crippen LogP contribution < -0.4 is 0 Å². The molecule has 0 saturated carbocycles. The summed E-state index contributed by atoms with van der Waals surface area (Å²) < 4.78 is 51.4. The second kappa shape index (κ2) is 6.96. The topological polar surface area (TPSA) is 36.1 Å². The molecule has 1 saturated heterocycles. The molecule has 0 radical (unpaired) electrons. The molecule has 0 unspecified atom stereocenters. The predicted molar refractivity (Wildman–Crippen MR) is 97.6 cm³/mol. The zero-order valence-electron chi connectivity index (χ0n) is 14.9. The summed E-state index contributed by atoms with van der Waals surface area (Å²) in [7, 11) is 0. The maximum absolute atomic E-state index is 13.4. The first-order valence-electron chi connectivity index (χ1n) is 9.06. The molecule has 0 aliphatic carbocycles. The lowest BCUT2D eigenvalue weighted by Gasteiger charge is -2.32. The second-order valence-electron chi connectivity index (χ2n) is 7.08. The lowest BCUT2D eigenvalue weighted by atomic mass is 9.89. The lowest BCUT2D eigenvalue weighted by Crippen LogP contribution is -2.37. The Morgan fingerprint density at radius 1 is 1.04 bits per heavy atom. The molecule has 1 aliphatic heterocycles. The number of amides is 1. The zero-order valence-corrected chi connectivity index (χ0v) is 14.9. The molecule has 0 atom stereocenters. The van der Waals surface area contributed by atoms with Gasteiger partial charge in [-0.2, -0.15) is 13.2 Å². The third kappa shape index (κ3) is 3.48. The van der Waals surface area contributed by atoms with Crippen molar-refractivity contribution in [2.45, 2.75) is 24.9 Å². The van der Waals surface area contributed by atoms with E-state index in [1.165, 1.54) is 24.3 Å². The molecule has 1 aliphatic rings. The van der Waals surface area contributed by atoms with Gasteiger partial charge in [0.2, 0.25) is 0 Å². The molecule has 7 heteroatoms. The van der Waals surface area contributed by atoms with Gasteiger partial charge in [0.15, 0.2) is 0 Å². The van der Waals surface area contributed by atoms with Gasteiger partial charge in [-0.05, 0) is 66.8 Å². The van der Waals surface area contributed by atoms with Crippen LogP contribution in [0.5, 0.6) is 0 Å². The maximum Gasteiger partial charge on any atom is 0.416 e. The molecular weight excluding hydrogens is 372 g/mol. The minimum atomic E-state index is -4.41. The second-order valence-corrected chi connectivity index (χ2v) is 7.08. The van der Waals surface area contributed by atoms with E-state index in [0.717, 1.165) is 41.4 Å². The molecule has 0 bridgehead atoms. The van der Waals surface area contributed by atoms with Crippen LogP contribution in [0.15, 0.2) is 48.7 Å². The highest BCUT2D eigenvalue weighted by molar-refractivity contribution is 5.94. The maximum atomic E-state index is 13.4. The molecule has 2 heterocycles. The Kier molecular flexibility index (Phi) is 4.61. The molecule has 2 aromatic carbocycles. The number of H-pyrrole nitrogens is 1. The highest BCUT2D eigenvalue weighted by Crippen LogP contribution is 2.34. The number of hydrogen-bond acceptors (Lipinski definition) is 1. The fourth-order valence-corrected chi connectivity index (χ4v) is 3.84. The minimum absolute atomic E-state index is 0.246. The van der Waals surface area contributed by atoms with E-state index in [2.05, 4.69) is 4.98 Å². The number of fused-ring (bicyclic) bond motifs is 1. The van der Waals surface area contributed by atoms with Gasteiger partial charge in [-0.15, -0.1) is 0 Å². The summed E-state index contributed by atoms with van der Waals surface area (Å²) >= 11 is 0. The van der Waals surface area contributed by atoms with Crippen LogP contribution in [0.4, 0.5) is 17.6 Å². The third-order valence-electron chi connectivity index (χ3n) is 5.36. The monoisotopic (exact) mass is 390 g/mol. The van der Waals surface area contributed by atoms with Crippen molar-refractivity contribution in [3.63, 3.8) is 0 Å². The molecule has 146 valence electrons. The van der Waals surface area contributed by atoms with Crippen molar-refractivity contribution in [3.8, 4) is 0 Å². The molecule has 1 N–H and O–H groups in total. The van der Waals surface area contributed by atoms with E-state index in [1.807, 2.05) is 6.20 Å². The van der Waals surface area contributed by atoms with Crippen molar-refractivity contribution in [2.75, 3.05) is 13.1 Å². The fraction of sp³-hybridized carbons (Fsp3) is 0.286. The van der Waals surface area contributed by atoms with E-state index >= 15 is 0 Å². The highest BCUT2D eigenvalue weighted by atomic mass is 19.4. The Morgan fingerprint density at radius 3 is 2.36 bits per heavy atom. The Hall–Kier alpha value is -2.83. The highest BCUT2D eigenvalue weighted by Gasteiger charge is 2.31. The lowest BCUT2D eigenvalue weighted by molar-refractivity contribution is -0.137. The summed E-state index contributed by atoms with van der Waals surface area (Å²) in [5, 5.41) is 0.980. The van der Waals surface area contributed by atoms with Crippen LogP contribution in [-0.2, 0) is 6.18 Å². The molecule has 3 nitrogen and oxygen atoms in total. The number of likely N-dealkylation sites (tertiary alicyclic amines) is 1. The van der Waals surface area contributed by atoms with Gasteiger partial charge in [-0.1, -0.05) is 0 Å². The largest absolute Gasteiger partial charge is 0.416 e. The molecule has 4 rings (SSSR count). The van der Waals surface area contributed by atoms with Crippen LogP contribution in [0.3, 0.4) is 0 Å². The van der Waals surface area contributed by atoms with Crippen LogP contribution in [-0.4, -0.2) is 28.9 Å². The van der Waals surface area contributed by atoms with Crippen LogP contribution in [0, 0.1) is 5.82 Å². The van der Waals surface area contributed by atoms with Crippen molar-refractivity contribution in [2.24, 2.45) is 0 Å². The Morgan fingerprint density at radius 2 is 1.71 bits per heavy atom. The van der Waals surface area contributed by atoms with Gasteiger partial charge in [0.25, 0.3) is 5.91 Å². The number of aromatic amines is 1. The van der Waals surface area contributed by atoms with Gasteiger partial charge in [0, 0.05) is 35.8 Å². The summed E-state index contributed by atoms with van der Waals surface area (Å²) in [5.74, 6) is -0.304. The third-order valence-corrected chi connectivity index (χ3v) is 5.36. The van der Waals surface area contributed by atoms with Crippen LogP contribution in [0.25, 0.3) is 10.9 Å². The van der Waals surface area contributed by atoms with E-state index in [4.69, 9.17) is 0 Å². The summed E-state index contributed by atoms with van der Waals surface area (Å²) in [6.45, 7) is 1.05. The van der Waals surface area contributed by atoms with Crippen LogP contribution >= 0.6 is 0 Å². The number of alkyl halides is 3. The zero-order chi connectivity index (χ0) is 19.9. The normalized spacial score (nSPS) is 15.9. The average Bonchev–Trinajstić information content (AvgIpc) is 3.10. The summed E-state index contributed by atoms with van der Waals surface area (Å²) in [6.07, 6.45) is -1.03. The smallest absolute Gasteiger partial charge is 0.361 e. The Labute approximate surface area is 159 Å². The van der Waals surface area contributed by atoms with Crippen LogP contribution in [0.1, 0.15) is 40.2 Å². The molecular formula is C21H18F4N2O. The Balaban J connectivity index is 1.44. The van der Waals surface area contributed by atoms with E-state index in [0.29, 0.717) is 13.1 Å². The van der Waals surface area contributed by atoms with Gasteiger partial charge in [0.1, 0.15) is 5.82 Å². The number of rotatable bonds is 2. The van der Waals surface area contributed by atoms with Gasteiger partial charge in [0.05, 0.1) is 5.56 Å². The van der Waals surface area contributed by atoms with Crippen molar-refractivity contribution >= 4 is 16.8 Å². The van der Waals surface area contributed by atoms with Crippen molar-refractivity contribution in [1.82, 2.24) is 9.88 Å². The molecule has 1 aromatic heterocycles. The number of carbonyl (C=O) groups excluding carboxylic acids is 1. The molecule has 1 amide bonds. The van der Waals surface area contributed by atoms with Gasteiger partial charge in [-0.3, -0.25) is 4.79 Å². The van der Waals surface area contributed by atoms with Crippen molar-refractivity contribution in [1.29, 1.82) is 0 Å². The number of aromatic nitrogens is 1. The first-order valence-corrected chi connectivity index (χ1v) is 9.06. The number of piperidine rings is 1.